The van der Waals surface area contributed by atoms with E-state index in [2.05, 4.69) is 26.2 Å². The van der Waals surface area contributed by atoms with Gasteiger partial charge in [-0.1, -0.05) is 20.8 Å². The lowest BCUT2D eigenvalue weighted by Gasteiger charge is -2.25. The first-order valence-corrected chi connectivity index (χ1v) is 6.19. The minimum Gasteiger partial charge on any atom is -0.381 e. The molecule has 1 rings (SSSR count). The Morgan fingerprint density at radius 2 is 2.29 bits per heavy atom. The minimum atomic E-state index is 0.314. The van der Waals surface area contributed by atoms with Gasteiger partial charge in [-0.25, -0.2) is 0 Å². The third-order valence-corrected chi connectivity index (χ3v) is 3.84. The van der Waals surface area contributed by atoms with Gasteiger partial charge in [-0.05, 0) is 6.42 Å². The Morgan fingerprint density at radius 3 is 2.71 bits per heavy atom. The zero-order valence-electron chi connectivity index (χ0n) is 9.38. The van der Waals surface area contributed by atoms with Gasteiger partial charge in [0.2, 0.25) is 0 Å². The van der Waals surface area contributed by atoms with E-state index in [-0.39, 0.29) is 0 Å². The van der Waals surface area contributed by atoms with Gasteiger partial charge in [0.05, 0.1) is 6.61 Å². The Morgan fingerprint density at radius 1 is 1.57 bits per heavy atom. The smallest absolute Gasteiger partial charge is 0.0510 e. The first-order chi connectivity index (χ1) is 6.53. The molecule has 0 aromatic rings. The summed E-state index contributed by atoms with van der Waals surface area (Å²) in [5.74, 6) is 7.22. The zero-order valence-corrected chi connectivity index (χ0v) is 10.2. The summed E-state index contributed by atoms with van der Waals surface area (Å²) in [4.78, 5) is 0. The van der Waals surface area contributed by atoms with Gasteiger partial charge in [0.15, 0.2) is 0 Å². The van der Waals surface area contributed by atoms with Gasteiger partial charge in [-0.2, -0.15) is 11.8 Å². The van der Waals surface area contributed by atoms with Crippen LogP contribution >= 0.6 is 11.8 Å². The molecule has 0 aliphatic carbocycles. The molecule has 3 nitrogen and oxygen atoms in total. The Bertz CT molecular complexity index is 164. The minimum absolute atomic E-state index is 0.314. The van der Waals surface area contributed by atoms with E-state index >= 15 is 0 Å². The maximum Gasteiger partial charge on any atom is 0.0510 e. The topological polar surface area (TPSA) is 47.3 Å². The van der Waals surface area contributed by atoms with Crippen LogP contribution in [0.2, 0.25) is 0 Å². The van der Waals surface area contributed by atoms with E-state index in [9.17, 15) is 0 Å². The highest BCUT2D eigenvalue weighted by Crippen LogP contribution is 2.27. The molecular weight excluding hydrogens is 196 g/mol. The lowest BCUT2D eigenvalue weighted by atomic mass is 10.0. The van der Waals surface area contributed by atoms with Crippen LogP contribution < -0.4 is 11.3 Å². The fourth-order valence-corrected chi connectivity index (χ4v) is 2.58. The Balaban J connectivity index is 2.31. The van der Waals surface area contributed by atoms with Crippen LogP contribution in [0.3, 0.4) is 0 Å². The van der Waals surface area contributed by atoms with Crippen LogP contribution in [-0.2, 0) is 4.74 Å². The summed E-state index contributed by atoms with van der Waals surface area (Å²) in [6, 6.07) is 0.390. The van der Waals surface area contributed by atoms with E-state index in [0.29, 0.717) is 16.7 Å². The molecule has 14 heavy (non-hydrogen) atoms. The van der Waals surface area contributed by atoms with Crippen LogP contribution in [0.1, 0.15) is 27.2 Å². The third-order valence-electron chi connectivity index (χ3n) is 2.44. The normalized spacial score (nSPS) is 25.3. The van der Waals surface area contributed by atoms with Gasteiger partial charge in [-0.15, -0.1) is 0 Å². The van der Waals surface area contributed by atoms with Crippen molar-refractivity contribution in [3.63, 3.8) is 0 Å². The van der Waals surface area contributed by atoms with Gasteiger partial charge >= 0.3 is 0 Å². The number of ether oxygens (including phenoxy) is 1. The Hall–Kier alpha value is 0.230. The van der Waals surface area contributed by atoms with Crippen molar-refractivity contribution in [1.29, 1.82) is 0 Å². The number of hydrogen-bond donors (Lipinski definition) is 2. The van der Waals surface area contributed by atoms with E-state index in [4.69, 9.17) is 10.6 Å². The summed E-state index contributed by atoms with van der Waals surface area (Å²) in [7, 11) is 0. The summed E-state index contributed by atoms with van der Waals surface area (Å²) < 4.78 is 5.68. The molecule has 0 spiro atoms. The molecule has 2 unspecified atom stereocenters. The number of nitrogens with two attached hydrogens (primary N) is 1. The summed E-state index contributed by atoms with van der Waals surface area (Å²) in [5, 5.41) is 0. The molecule has 1 aliphatic rings. The number of hydrazine groups is 1. The van der Waals surface area contributed by atoms with Crippen molar-refractivity contribution in [2.75, 3.05) is 19.0 Å². The van der Waals surface area contributed by atoms with Crippen LogP contribution in [0.4, 0.5) is 0 Å². The van der Waals surface area contributed by atoms with Crippen LogP contribution in [0, 0.1) is 5.92 Å². The standard InChI is InChI=1S/C10H22N2OS/c1-10(2,3)14-7-9(12-11)8-4-5-13-6-8/h8-9,12H,4-7,11H2,1-3H3. The number of thioether (sulfide) groups is 1. The molecule has 2 atom stereocenters. The second-order valence-corrected chi connectivity index (χ2v) is 6.67. The third kappa shape index (κ3) is 4.17. The van der Waals surface area contributed by atoms with Crippen molar-refractivity contribution in [3.8, 4) is 0 Å². The zero-order chi connectivity index (χ0) is 10.6. The fraction of sp³-hybridized carbons (Fsp3) is 1.00. The van der Waals surface area contributed by atoms with Crippen molar-refractivity contribution >= 4 is 11.8 Å². The molecule has 84 valence electrons. The molecule has 0 aromatic carbocycles. The van der Waals surface area contributed by atoms with E-state index in [1.165, 1.54) is 0 Å². The van der Waals surface area contributed by atoms with E-state index in [1.807, 2.05) is 11.8 Å². The van der Waals surface area contributed by atoms with Crippen molar-refractivity contribution < 1.29 is 4.74 Å². The van der Waals surface area contributed by atoms with E-state index < -0.39 is 0 Å². The van der Waals surface area contributed by atoms with Gasteiger partial charge in [0.25, 0.3) is 0 Å². The van der Waals surface area contributed by atoms with E-state index in [0.717, 1.165) is 25.4 Å². The lowest BCUT2D eigenvalue weighted by Crippen LogP contribution is -2.43. The highest BCUT2D eigenvalue weighted by Gasteiger charge is 2.26. The van der Waals surface area contributed by atoms with Crippen LogP contribution in [0.15, 0.2) is 0 Å². The van der Waals surface area contributed by atoms with Crippen LogP contribution in [0.25, 0.3) is 0 Å². The molecule has 1 fully saturated rings. The summed E-state index contributed by atoms with van der Waals surface area (Å²) in [6.45, 7) is 8.45. The van der Waals surface area contributed by atoms with Gasteiger partial charge in [0, 0.05) is 29.1 Å². The van der Waals surface area contributed by atoms with Gasteiger partial charge in [-0.3, -0.25) is 11.3 Å². The molecule has 3 N–H and O–H groups in total. The maximum absolute atomic E-state index is 5.56. The molecule has 1 aliphatic heterocycles. The average Bonchev–Trinajstić information content (AvgIpc) is 2.56. The monoisotopic (exact) mass is 218 g/mol. The second kappa shape index (κ2) is 5.35. The fourth-order valence-electron chi connectivity index (χ4n) is 1.53. The quantitative estimate of drug-likeness (QED) is 0.553. The first-order valence-electron chi connectivity index (χ1n) is 5.21. The van der Waals surface area contributed by atoms with E-state index in [1.54, 1.807) is 0 Å². The highest BCUT2D eigenvalue weighted by molar-refractivity contribution is 8.00. The second-order valence-electron chi connectivity index (χ2n) is 4.82. The maximum atomic E-state index is 5.56. The van der Waals surface area contributed by atoms with Gasteiger partial charge < -0.3 is 4.74 Å². The summed E-state index contributed by atoms with van der Waals surface area (Å²) in [5.41, 5.74) is 2.92. The molecule has 0 saturated carbocycles. The molecule has 0 amide bonds. The highest BCUT2D eigenvalue weighted by atomic mass is 32.2. The van der Waals surface area contributed by atoms with Crippen molar-refractivity contribution in [3.05, 3.63) is 0 Å². The predicted molar refractivity (Wildman–Crippen MR) is 62.2 cm³/mol. The molecule has 4 heteroatoms. The van der Waals surface area contributed by atoms with Crippen molar-refractivity contribution in [2.24, 2.45) is 11.8 Å². The number of nitrogens with one attached hydrogen (secondary N) is 1. The Labute approximate surface area is 91.1 Å². The molecule has 0 bridgehead atoms. The molecule has 1 heterocycles. The number of hydrogen-bond acceptors (Lipinski definition) is 4. The predicted octanol–water partition coefficient (Wildman–Crippen LogP) is 1.39. The molecule has 0 aromatic heterocycles. The largest absolute Gasteiger partial charge is 0.381 e. The molecule has 1 saturated heterocycles. The lowest BCUT2D eigenvalue weighted by molar-refractivity contribution is 0.179. The first kappa shape index (κ1) is 12.3. The number of rotatable bonds is 4. The SMILES string of the molecule is CC(C)(C)SCC(NN)C1CCOC1. The molecular formula is C10H22N2OS. The van der Waals surface area contributed by atoms with Crippen LogP contribution in [-0.4, -0.2) is 29.8 Å². The summed E-state index contributed by atoms with van der Waals surface area (Å²) >= 11 is 1.96. The average molecular weight is 218 g/mol. The Kier molecular flexibility index (Phi) is 4.70. The summed E-state index contributed by atoms with van der Waals surface area (Å²) in [6.07, 6.45) is 1.14. The van der Waals surface area contributed by atoms with Crippen molar-refractivity contribution in [2.45, 2.75) is 38.0 Å². The molecule has 0 radical (unpaired) electrons. The van der Waals surface area contributed by atoms with Crippen LogP contribution in [0.5, 0.6) is 0 Å². The van der Waals surface area contributed by atoms with Crippen molar-refractivity contribution in [1.82, 2.24) is 5.43 Å². The van der Waals surface area contributed by atoms with Gasteiger partial charge in [0.1, 0.15) is 0 Å².